The zero-order chi connectivity index (χ0) is 10.8. The molecule has 1 heterocycles. The van der Waals surface area contributed by atoms with Gasteiger partial charge in [-0.15, -0.1) is 0 Å². The topological polar surface area (TPSA) is 40.7 Å². The highest BCUT2D eigenvalue weighted by Gasteiger charge is 2.21. The molecule has 1 aromatic rings. The molecular formula is C12H21N3. The Balaban J connectivity index is 1.93. The zero-order valence-corrected chi connectivity index (χ0v) is 9.88. The number of nitrogens with zero attached hydrogens (tertiary/aromatic N) is 1. The van der Waals surface area contributed by atoms with E-state index in [9.17, 15) is 0 Å². The number of hydrogen-bond acceptors (Lipinski definition) is 2. The van der Waals surface area contributed by atoms with Crippen LogP contribution in [0.15, 0.2) is 6.20 Å². The molecule has 0 bridgehead atoms. The Hall–Kier alpha value is -0.830. The van der Waals surface area contributed by atoms with Crippen LogP contribution in [0.25, 0.3) is 0 Å². The number of H-pyrrole nitrogens is 1. The highest BCUT2D eigenvalue weighted by atomic mass is 15.1. The maximum absolute atomic E-state index is 4.10. The minimum atomic E-state index is 0.600. The molecule has 2 atom stereocenters. The minimum Gasteiger partial charge on any atom is -0.311 e. The molecule has 2 rings (SSSR count). The largest absolute Gasteiger partial charge is 0.311 e. The summed E-state index contributed by atoms with van der Waals surface area (Å²) in [6.07, 6.45) is 5.47. The Morgan fingerprint density at radius 3 is 3.00 bits per heavy atom. The van der Waals surface area contributed by atoms with E-state index < -0.39 is 0 Å². The maximum atomic E-state index is 4.10. The second-order valence-corrected chi connectivity index (χ2v) is 5.01. The molecule has 3 nitrogen and oxygen atoms in total. The third-order valence-corrected chi connectivity index (χ3v) is 3.52. The van der Waals surface area contributed by atoms with E-state index in [1.165, 1.54) is 17.7 Å². The van der Waals surface area contributed by atoms with E-state index in [0.717, 1.165) is 12.8 Å². The van der Waals surface area contributed by atoms with Crippen LogP contribution in [0.4, 0.5) is 0 Å². The predicted octanol–water partition coefficient (Wildman–Crippen LogP) is 1.90. The molecule has 0 aromatic carbocycles. The van der Waals surface area contributed by atoms with Crippen LogP contribution in [-0.4, -0.2) is 22.3 Å². The predicted molar refractivity (Wildman–Crippen MR) is 61.8 cm³/mol. The Bertz CT molecular complexity index is 316. The molecule has 0 radical (unpaired) electrons. The molecule has 1 aromatic heterocycles. The number of aromatic nitrogens is 2. The van der Waals surface area contributed by atoms with Crippen molar-refractivity contribution in [2.75, 3.05) is 0 Å². The first kappa shape index (κ1) is 10.7. The van der Waals surface area contributed by atoms with Gasteiger partial charge < -0.3 is 5.32 Å². The first-order valence-corrected chi connectivity index (χ1v) is 5.94. The van der Waals surface area contributed by atoms with Gasteiger partial charge in [-0.3, -0.25) is 5.10 Å². The molecule has 84 valence electrons. The SMILES string of the molecule is CC(C)C(C)NC1CCc2[nH]ncc2C1. The average Bonchev–Trinajstić information content (AvgIpc) is 2.64. The molecule has 0 amide bonds. The fraction of sp³-hybridized carbons (Fsp3) is 0.750. The van der Waals surface area contributed by atoms with Gasteiger partial charge in [-0.2, -0.15) is 5.10 Å². The van der Waals surface area contributed by atoms with Crippen molar-refractivity contribution in [3.05, 3.63) is 17.5 Å². The van der Waals surface area contributed by atoms with E-state index in [1.807, 2.05) is 6.20 Å². The first-order chi connectivity index (χ1) is 7.16. The van der Waals surface area contributed by atoms with Gasteiger partial charge in [0.15, 0.2) is 0 Å². The summed E-state index contributed by atoms with van der Waals surface area (Å²) >= 11 is 0. The van der Waals surface area contributed by atoms with Gasteiger partial charge in [-0.1, -0.05) is 13.8 Å². The molecule has 1 aliphatic rings. The van der Waals surface area contributed by atoms with E-state index in [2.05, 4.69) is 36.3 Å². The molecule has 0 spiro atoms. The van der Waals surface area contributed by atoms with E-state index in [4.69, 9.17) is 0 Å². The second-order valence-electron chi connectivity index (χ2n) is 5.01. The molecule has 15 heavy (non-hydrogen) atoms. The number of rotatable bonds is 3. The lowest BCUT2D eigenvalue weighted by Crippen LogP contribution is -2.42. The molecule has 0 fully saturated rings. The Morgan fingerprint density at radius 2 is 2.27 bits per heavy atom. The van der Waals surface area contributed by atoms with E-state index >= 15 is 0 Å². The maximum Gasteiger partial charge on any atom is 0.0522 e. The van der Waals surface area contributed by atoms with Gasteiger partial charge in [0, 0.05) is 17.8 Å². The van der Waals surface area contributed by atoms with Crippen LogP contribution in [0.1, 0.15) is 38.4 Å². The lowest BCUT2D eigenvalue weighted by atomic mass is 9.92. The van der Waals surface area contributed by atoms with Crippen molar-refractivity contribution >= 4 is 0 Å². The van der Waals surface area contributed by atoms with Gasteiger partial charge in [0.1, 0.15) is 0 Å². The second kappa shape index (κ2) is 4.35. The van der Waals surface area contributed by atoms with Crippen LogP contribution in [0.5, 0.6) is 0 Å². The van der Waals surface area contributed by atoms with Crippen molar-refractivity contribution in [1.29, 1.82) is 0 Å². The van der Waals surface area contributed by atoms with Crippen LogP contribution in [-0.2, 0) is 12.8 Å². The van der Waals surface area contributed by atoms with Crippen LogP contribution < -0.4 is 5.32 Å². The standard InChI is InChI=1S/C12H21N3/c1-8(2)9(3)14-11-4-5-12-10(6-11)7-13-15-12/h7-9,11,14H,4-6H2,1-3H3,(H,13,15). The Labute approximate surface area is 91.7 Å². The van der Waals surface area contributed by atoms with Gasteiger partial charge >= 0.3 is 0 Å². The molecule has 0 aliphatic heterocycles. The molecular weight excluding hydrogens is 186 g/mol. The van der Waals surface area contributed by atoms with Crippen molar-refractivity contribution in [1.82, 2.24) is 15.5 Å². The average molecular weight is 207 g/mol. The van der Waals surface area contributed by atoms with Crippen molar-refractivity contribution in [3.8, 4) is 0 Å². The van der Waals surface area contributed by atoms with Gasteiger partial charge in [-0.25, -0.2) is 0 Å². The number of aryl methyl sites for hydroxylation is 1. The lowest BCUT2D eigenvalue weighted by molar-refractivity contribution is 0.349. The normalized spacial score (nSPS) is 22.8. The molecule has 0 saturated heterocycles. The summed E-state index contributed by atoms with van der Waals surface area (Å²) < 4.78 is 0. The van der Waals surface area contributed by atoms with Crippen molar-refractivity contribution in [2.24, 2.45) is 5.92 Å². The van der Waals surface area contributed by atoms with E-state index in [-0.39, 0.29) is 0 Å². The van der Waals surface area contributed by atoms with Crippen LogP contribution in [0.2, 0.25) is 0 Å². The Morgan fingerprint density at radius 1 is 1.47 bits per heavy atom. The van der Waals surface area contributed by atoms with E-state index in [1.54, 1.807) is 0 Å². The van der Waals surface area contributed by atoms with Crippen molar-refractivity contribution in [3.63, 3.8) is 0 Å². The summed E-state index contributed by atoms with van der Waals surface area (Å²) in [6.45, 7) is 6.81. The quantitative estimate of drug-likeness (QED) is 0.795. The fourth-order valence-corrected chi connectivity index (χ4v) is 2.12. The third-order valence-electron chi connectivity index (χ3n) is 3.52. The van der Waals surface area contributed by atoms with Crippen LogP contribution in [0.3, 0.4) is 0 Å². The van der Waals surface area contributed by atoms with Crippen molar-refractivity contribution in [2.45, 2.75) is 52.1 Å². The number of fused-ring (bicyclic) bond motifs is 1. The first-order valence-electron chi connectivity index (χ1n) is 5.94. The van der Waals surface area contributed by atoms with Crippen LogP contribution in [0, 0.1) is 5.92 Å². The summed E-state index contributed by atoms with van der Waals surface area (Å²) in [5.74, 6) is 0.704. The van der Waals surface area contributed by atoms with E-state index in [0.29, 0.717) is 18.0 Å². The van der Waals surface area contributed by atoms with Gasteiger partial charge in [0.2, 0.25) is 0 Å². The number of aromatic amines is 1. The monoisotopic (exact) mass is 207 g/mol. The van der Waals surface area contributed by atoms with Gasteiger partial charge in [-0.05, 0) is 37.7 Å². The summed E-state index contributed by atoms with van der Waals surface area (Å²) in [5.41, 5.74) is 2.74. The third kappa shape index (κ3) is 2.40. The molecule has 1 aliphatic carbocycles. The molecule has 3 heteroatoms. The number of hydrogen-bond donors (Lipinski definition) is 2. The summed E-state index contributed by atoms with van der Waals surface area (Å²) in [4.78, 5) is 0. The van der Waals surface area contributed by atoms with Crippen molar-refractivity contribution < 1.29 is 0 Å². The summed E-state index contributed by atoms with van der Waals surface area (Å²) in [6, 6.07) is 1.23. The minimum absolute atomic E-state index is 0.600. The molecule has 0 saturated carbocycles. The Kier molecular flexibility index (Phi) is 3.10. The molecule has 2 N–H and O–H groups in total. The number of nitrogens with one attached hydrogen (secondary N) is 2. The zero-order valence-electron chi connectivity index (χ0n) is 9.88. The summed E-state index contributed by atoms with van der Waals surface area (Å²) in [5, 5.41) is 10.9. The van der Waals surface area contributed by atoms with Gasteiger partial charge in [0.05, 0.1) is 6.20 Å². The lowest BCUT2D eigenvalue weighted by Gasteiger charge is -2.28. The smallest absolute Gasteiger partial charge is 0.0522 e. The van der Waals surface area contributed by atoms with Crippen LogP contribution >= 0.6 is 0 Å². The molecule has 2 unspecified atom stereocenters. The van der Waals surface area contributed by atoms with Gasteiger partial charge in [0.25, 0.3) is 0 Å². The highest BCUT2D eigenvalue weighted by molar-refractivity contribution is 5.21. The highest BCUT2D eigenvalue weighted by Crippen LogP contribution is 2.19. The summed E-state index contributed by atoms with van der Waals surface area (Å²) in [7, 11) is 0. The fourth-order valence-electron chi connectivity index (χ4n) is 2.12.